The molecule has 0 saturated heterocycles. The van der Waals surface area contributed by atoms with Crippen LogP contribution in [0.4, 0.5) is 0 Å². The molecule has 3 aliphatic carbocycles. The van der Waals surface area contributed by atoms with Gasteiger partial charge in [-0.2, -0.15) is 8.42 Å². The van der Waals surface area contributed by atoms with E-state index in [0.717, 1.165) is 36.5 Å². The van der Waals surface area contributed by atoms with Crippen LogP contribution in [0.2, 0.25) is 0 Å². The van der Waals surface area contributed by atoms with Gasteiger partial charge in [-0.1, -0.05) is 33.6 Å². The van der Waals surface area contributed by atoms with E-state index in [0.29, 0.717) is 11.8 Å². The Kier molecular flexibility index (Phi) is 3.81. The van der Waals surface area contributed by atoms with Gasteiger partial charge in [-0.3, -0.25) is 4.55 Å². The normalized spacial score (nSPS) is 38.2. The van der Waals surface area contributed by atoms with Gasteiger partial charge in [0.25, 0.3) is 10.1 Å². The molecule has 3 nitrogen and oxygen atoms in total. The van der Waals surface area contributed by atoms with Crippen molar-refractivity contribution in [3.8, 4) is 0 Å². The van der Waals surface area contributed by atoms with Gasteiger partial charge in [0.2, 0.25) is 0 Å². The average Bonchev–Trinajstić information content (AvgIpc) is 2.24. The summed E-state index contributed by atoms with van der Waals surface area (Å²) in [6.45, 7) is 7.17. The minimum Gasteiger partial charge on any atom is -0.286 e. The molecule has 0 radical (unpaired) electrons. The van der Waals surface area contributed by atoms with Crippen LogP contribution in [0.25, 0.3) is 0 Å². The van der Waals surface area contributed by atoms with Crippen molar-refractivity contribution in [3.05, 3.63) is 0 Å². The highest BCUT2D eigenvalue weighted by Gasteiger charge is 2.55. The second-order valence-electron chi connectivity index (χ2n) is 7.00. The summed E-state index contributed by atoms with van der Waals surface area (Å²) in [5.74, 6) is 3.21. The monoisotopic (exact) mass is 274 g/mol. The van der Waals surface area contributed by atoms with Crippen LogP contribution >= 0.6 is 0 Å². The Labute approximate surface area is 111 Å². The van der Waals surface area contributed by atoms with Gasteiger partial charge >= 0.3 is 0 Å². The Morgan fingerprint density at radius 3 is 2.39 bits per heavy atom. The maximum atomic E-state index is 10.6. The minimum atomic E-state index is -3.76. The predicted molar refractivity (Wildman–Crippen MR) is 72.9 cm³/mol. The molecule has 4 heteroatoms. The molecule has 3 fully saturated rings. The largest absolute Gasteiger partial charge is 0.286 e. The lowest BCUT2D eigenvalue weighted by atomic mass is 9.43. The van der Waals surface area contributed by atoms with E-state index in [1.54, 1.807) is 0 Å². The highest BCUT2D eigenvalue weighted by molar-refractivity contribution is 7.85. The molecule has 18 heavy (non-hydrogen) atoms. The molecule has 106 valence electrons. The van der Waals surface area contributed by atoms with E-state index in [1.807, 2.05) is 0 Å². The highest BCUT2D eigenvalue weighted by atomic mass is 32.2. The van der Waals surface area contributed by atoms with E-state index in [9.17, 15) is 8.42 Å². The molecule has 4 atom stereocenters. The van der Waals surface area contributed by atoms with Crippen LogP contribution in [0.15, 0.2) is 0 Å². The average molecular weight is 274 g/mol. The van der Waals surface area contributed by atoms with Gasteiger partial charge in [-0.15, -0.1) is 0 Å². The van der Waals surface area contributed by atoms with Crippen molar-refractivity contribution in [3.63, 3.8) is 0 Å². The van der Waals surface area contributed by atoms with Gasteiger partial charge < -0.3 is 0 Å². The van der Waals surface area contributed by atoms with Gasteiger partial charge in [0, 0.05) is 0 Å². The molecule has 3 saturated carbocycles. The zero-order chi connectivity index (χ0) is 13.6. The Morgan fingerprint density at radius 1 is 1.22 bits per heavy atom. The summed E-state index contributed by atoms with van der Waals surface area (Å²) in [6.07, 6.45) is 5.36. The summed E-state index contributed by atoms with van der Waals surface area (Å²) >= 11 is 0. The van der Waals surface area contributed by atoms with Crippen molar-refractivity contribution < 1.29 is 13.0 Å². The molecule has 0 heterocycles. The maximum Gasteiger partial charge on any atom is 0.264 e. The van der Waals surface area contributed by atoms with Crippen LogP contribution in [0, 0.1) is 29.1 Å². The number of rotatable bonds is 5. The summed E-state index contributed by atoms with van der Waals surface area (Å²) in [4.78, 5) is 0. The Hall–Kier alpha value is -0.0900. The first-order valence-electron chi connectivity index (χ1n) is 7.17. The molecule has 1 N–H and O–H groups in total. The predicted octanol–water partition coefficient (Wildman–Crippen LogP) is 3.36. The van der Waals surface area contributed by atoms with Crippen LogP contribution < -0.4 is 0 Å². The topological polar surface area (TPSA) is 54.4 Å². The quantitative estimate of drug-likeness (QED) is 0.618. The number of hydrogen-bond acceptors (Lipinski definition) is 2. The molecule has 0 aromatic rings. The van der Waals surface area contributed by atoms with Gasteiger partial charge in [0.05, 0.1) is 5.75 Å². The molecular formula is C14H26O3S. The highest BCUT2D eigenvalue weighted by Crippen LogP contribution is 2.63. The first-order chi connectivity index (χ1) is 8.22. The van der Waals surface area contributed by atoms with Crippen molar-refractivity contribution in [2.75, 3.05) is 5.75 Å². The molecular weight excluding hydrogens is 248 g/mol. The van der Waals surface area contributed by atoms with E-state index >= 15 is 0 Å². The maximum absolute atomic E-state index is 10.6. The number of fused-ring (bicyclic) bond motifs is 2. The van der Waals surface area contributed by atoms with Gasteiger partial charge in [-0.25, -0.2) is 0 Å². The molecule has 0 aromatic carbocycles. The van der Waals surface area contributed by atoms with Crippen LogP contribution in [0.1, 0.15) is 52.9 Å². The lowest BCUT2D eigenvalue weighted by molar-refractivity contribution is -0.130. The molecule has 2 bridgehead atoms. The smallest absolute Gasteiger partial charge is 0.264 e. The standard InChI is InChI=1S/C14H26O3S/c1-10-11(6-4-5-7-18(15,16)17)8-12-9-13(10)14(12,2)3/h10-13H,4-9H2,1-3H3,(H,15,16,17)/t10?,11-,12?,13-/m1/s1. The molecule has 3 aliphatic rings. The van der Waals surface area contributed by atoms with Crippen LogP contribution in [-0.2, 0) is 10.1 Å². The summed E-state index contributed by atoms with van der Waals surface area (Å²) in [7, 11) is -3.76. The summed E-state index contributed by atoms with van der Waals surface area (Å²) in [5, 5.41) is 0. The zero-order valence-electron chi connectivity index (χ0n) is 11.7. The summed E-state index contributed by atoms with van der Waals surface area (Å²) in [6, 6.07) is 0. The van der Waals surface area contributed by atoms with Crippen LogP contribution in [-0.4, -0.2) is 18.7 Å². The Balaban J connectivity index is 1.76. The summed E-state index contributed by atoms with van der Waals surface area (Å²) in [5.41, 5.74) is 0.532. The fourth-order valence-electron chi connectivity index (χ4n) is 4.33. The lowest BCUT2D eigenvalue weighted by Crippen LogP contribution is -2.54. The summed E-state index contributed by atoms with van der Waals surface area (Å²) < 4.78 is 30.0. The van der Waals surface area contributed by atoms with Crippen molar-refractivity contribution in [1.82, 2.24) is 0 Å². The minimum absolute atomic E-state index is 0.0769. The van der Waals surface area contributed by atoms with Gasteiger partial charge in [-0.05, 0) is 48.3 Å². The molecule has 3 rings (SSSR count). The van der Waals surface area contributed by atoms with E-state index in [4.69, 9.17) is 4.55 Å². The Bertz CT molecular complexity index is 399. The third kappa shape index (κ3) is 2.74. The fourth-order valence-corrected chi connectivity index (χ4v) is 4.90. The third-order valence-corrected chi connectivity index (χ3v) is 6.54. The SMILES string of the molecule is CC1[C@H](CCCCS(=O)(=O)O)CC2C[C@H]1C2(C)C. The first-order valence-corrected chi connectivity index (χ1v) is 8.78. The Morgan fingerprint density at radius 2 is 1.89 bits per heavy atom. The van der Waals surface area contributed by atoms with Crippen molar-refractivity contribution in [2.45, 2.75) is 52.9 Å². The third-order valence-electron chi connectivity index (χ3n) is 5.74. The second-order valence-corrected chi connectivity index (χ2v) is 8.57. The zero-order valence-corrected chi connectivity index (χ0v) is 12.5. The van der Waals surface area contributed by atoms with Crippen molar-refractivity contribution in [2.24, 2.45) is 29.1 Å². The molecule has 0 aromatic heterocycles. The van der Waals surface area contributed by atoms with E-state index in [-0.39, 0.29) is 5.75 Å². The molecule has 0 spiro atoms. The first kappa shape index (κ1) is 14.3. The van der Waals surface area contributed by atoms with Crippen molar-refractivity contribution >= 4 is 10.1 Å². The van der Waals surface area contributed by atoms with Gasteiger partial charge in [0.15, 0.2) is 0 Å². The van der Waals surface area contributed by atoms with Crippen molar-refractivity contribution in [1.29, 1.82) is 0 Å². The van der Waals surface area contributed by atoms with E-state index in [1.165, 1.54) is 12.8 Å². The van der Waals surface area contributed by atoms with E-state index < -0.39 is 10.1 Å². The fraction of sp³-hybridized carbons (Fsp3) is 1.00. The van der Waals surface area contributed by atoms with Crippen LogP contribution in [0.5, 0.6) is 0 Å². The molecule has 0 aliphatic heterocycles. The van der Waals surface area contributed by atoms with Gasteiger partial charge in [0.1, 0.15) is 0 Å². The van der Waals surface area contributed by atoms with Crippen LogP contribution in [0.3, 0.4) is 0 Å². The molecule has 0 amide bonds. The number of unbranched alkanes of at least 4 members (excludes halogenated alkanes) is 1. The number of hydrogen-bond donors (Lipinski definition) is 1. The lowest BCUT2D eigenvalue weighted by Gasteiger charge is -2.62. The van der Waals surface area contributed by atoms with E-state index in [2.05, 4.69) is 20.8 Å². The molecule has 2 unspecified atom stereocenters. The second kappa shape index (κ2) is 4.78.